The first-order valence-electron chi connectivity index (χ1n) is 9.80. The number of fused-ring (bicyclic) bond motifs is 1. The maximum absolute atomic E-state index is 13.9. The third-order valence-corrected chi connectivity index (χ3v) is 4.84. The van der Waals surface area contributed by atoms with Crippen LogP contribution >= 0.6 is 0 Å². The van der Waals surface area contributed by atoms with E-state index in [1.807, 2.05) is 6.92 Å². The van der Waals surface area contributed by atoms with Gasteiger partial charge in [-0.15, -0.1) is 0 Å². The van der Waals surface area contributed by atoms with Crippen LogP contribution in [0.1, 0.15) is 23.0 Å². The number of rotatable bonds is 5. The molecule has 1 N–H and O–H groups in total. The molecule has 0 aliphatic rings. The largest absolute Gasteiger partial charge is 0.494 e. The van der Waals surface area contributed by atoms with Crippen molar-refractivity contribution in [1.82, 2.24) is 9.78 Å². The van der Waals surface area contributed by atoms with Crippen molar-refractivity contribution in [3.63, 3.8) is 0 Å². The fourth-order valence-corrected chi connectivity index (χ4v) is 3.24. The maximum Gasteiger partial charge on any atom is 0.279 e. The number of benzene rings is 3. The van der Waals surface area contributed by atoms with Gasteiger partial charge in [-0.2, -0.15) is 9.78 Å². The van der Waals surface area contributed by atoms with Crippen LogP contribution in [0.25, 0.3) is 16.5 Å². The molecule has 6 nitrogen and oxygen atoms in total. The predicted octanol–water partition coefficient (Wildman–Crippen LogP) is 4.48. The van der Waals surface area contributed by atoms with Crippen molar-refractivity contribution in [2.24, 2.45) is 0 Å². The first-order chi connectivity index (χ1) is 15.0. The van der Waals surface area contributed by atoms with E-state index < -0.39 is 11.7 Å². The molecule has 31 heavy (non-hydrogen) atoms. The van der Waals surface area contributed by atoms with Gasteiger partial charge in [-0.05, 0) is 61.9 Å². The minimum absolute atomic E-state index is 0.0602. The third kappa shape index (κ3) is 4.02. The number of nitrogens with zero attached hydrogens (tertiary/aromatic N) is 2. The van der Waals surface area contributed by atoms with Crippen molar-refractivity contribution in [2.45, 2.75) is 13.8 Å². The number of anilines is 1. The molecule has 0 saturated heterocycles. The molecule has 4 aromatic rings. The number of carbonyl (C=O) groups excluding carboxylic acids is 1. The first kappa shape index (κ1) is 20.3. The molecule has 4 rings (SSSR count). The van der Waals surface area contributed by atoms with Crippen molar-refractivity contribution in [3.8, 4) is 11.4 Å². The number of halogens is 1. The minimum Gasteiger partial charge on any atom is -0.494 e. The topological polar surface area (TPSA) is 73.2 Å². The number of aromatic nitrogens is 2. The second-order valence-corrected chi connectivity index (χ2v) is 6.96. The summed E-state index contributed by atoms with van der Waals surface area (Å²) in [5, 5.41) is 7.78. The van der Waals surface area contributed by atoms with Gasteiger partial charge >= 0.3 is 0 Å². The molecular formula is C24H20FN3O3. The highest BCUT2D eigenvalue weighted by atomic mass is 19.1. The Kier molecular flexibility index (Phi) is 5.49. The Balaban J connectivity index is 1.80. The number of amides is 1. The van der Waals surface area contributed by atoms with Crippen LogP contribution in [0.4, 0.5) is 10.1 Å². The molecular weight excluding hydrogens is 397 g/mol. The molecule has 0 aliphatic heterocycles. The van der Waals surface area contributed by atoms with Crippen LogP contribution in [0, 0.1) is 12.7 Å². The van der Waals surface area contributed by atoms with Gasteiger partial charge in [0.05, 0.1) is 17.7 Å². The molecule has 0 aliphatic carbocycles. The summed E-state index contributed by atoms with van der Waals surface area (Å²) in [6, 6.07) is 18.1. The molecule has 156 valence electrons. The Bertz CT molecular complexity index is 1330. The van der Waals surface area contributed by atoms with Crippen LogP contribution in [0.2, 0.25) is 0 Å². The summed E-state index contributed by atoms with van der Waals surface area (Å²) in [4.78, 5) is 26.1. The fourth-order valence-electron chi connectivity index (χ4n) is 3.24. The van der Waals surface area contributed by atoms with Crippen molar-refractivity contribution in [2.75, 3.05) is 11.9 Å². The fraction of sp³-hybridized carbons (Fsp3) is 0.125. The van der Waals surface area contributed by atoms with Crippen molar-refractivity contribution in [1.29, 1.82) is 0 Å². The zero-order valence-corrected chi connectivity index (χ0v) is 17.1. The molecule has 0 spiro atoms. The van der Waals surface area contributed by atoms with Crippen LogP contribution in [-0.2, 0) is 0 Å². The quantitative estimate of drug-likeness (QED) is 0.520. The van der Waals surface area contributed by atoms with Crippen LogP contribution in [-0.4, -0.2) is 22.3 Å². The Morgan fingerprint density at radius 2 is 1.77 bits per heavy atom. The smallest absolute Gasteiger partial charge is 0.279 e. The summed E-state index contributed by atoms with van der Waals surface area (Å²) in [5.74, 6) is -0.298. The van der Waals surface area contributed by atoms with E-state index in [1.165, 1.54) is 10.7 Å². The molecule has 1 aromatic heterocycles. The maximum atomic E-state index is 13.9. The standard InChI is InChI=1S/C24H20FN3O3/c1-3-31-18-12-10-17(11-13-18)28-24(30)20-7-5-4-6-19(20)22(27-28)23(29)26-16-9-8-15(2)21(25)14-16/h4-14H,3H2,1-2H3,(H,26,29). The lowest BCUT2D eigenvalue weighted by atomic mass is 10.1. The van der Waals surface area contributed by atoms with Gasteiger partial charge in [-0.3, -0.25) is 9.59 Å². The highest BCUT2D eigenvalue weighted by molar-refractivity contribution is 6.11. The number of ether oxygens (including phenoxy) is 1. The highest BCUT2D eigenvalue weighted by Gasteiger charge is 2.18. The molecule has 0 bridgehead atoms. The number of hydrogen-bond donors (Lipinski definition) is 1. The van der Waals surface area contributed by atoms with Gasteiger partial charge in [0, 0.05) is 11.1 Å². The zero-order chi connectivity index (χ0) is 22.0. The second kappa shape index (κ2) is 8.39. The number of hydrogen-bond acceptors (Lipinski definition) is 4. The monoisotopic (exact) mass is 417 g/mol. The molecule has 1 heterocycles. The summed E-state index contributed by atoms with van der Waals surface area (Å²) >= 11 is 0. The van der Waals surface area contributed by atoms with Gasteiger partial charge in [0.1, 0.15) is 11.6 Å². The molecule has 0 radical (unpaired) electrons. The number of carbonyl (C=O) groups is 1. The van der Waals surface area contributed by atoms with Crippen molar-refractivity contribution < 1.29 is 13.9 Å². The second-order valence-electron chi connectivity index (χ2n) is 6.96. The SMILES string of the molecule is CCOc1ccc(-n2nc(C(=O)Nc3ccc(C)c(F)c3)c3ccccc3c2=O)cc1. The Morgan fingerprint density at radius 1 is 1.06 bits per heavy atom. The first-order valence-corrected chi connectivity index (χ1v) is 9.80. The van der Waals surface area contributed by atoms with Gasteiger partial charge in [0.2, 0.25) is 0 Å². The number of nitrogens with one attached hydrogen (secondary N) is 1. The van der Waals surface area contributed by atoms with E-state index in [1.54, 1.807) is 67.6 Å². The normalized spacial score (nSPS) is 10.8. The van der Waals surface area contributed by atoms with Gasteiger partial charge < -0.3 is 10.1 Å². The van der Waals surface area contributed by atoms with E-state index in [9.17, 15) is 14.0 Å². The van der Waals surface area contributed by atoms with Crippen LogP contribution in [0.5, 0.6) is 5.75 Å². The van der Waals surface area contributed by atoms with Crippen LogP contribution < -0.4 is 15.6 Å². The molecule has 0 saturated carbocycles. The molecule has 0 atom stereocenters. The minimum atomic E-state index is -0.542. The average Bonchev–Trinajstić information content (AvgIpc) is 2.77. The van der Waals surface area contributed by atoms with Crippen LogP contribution in [0.3, 0.4) is 0 Å². The summed E-state index contributed by atoms with van der Waals surface area (Å²) in [6.07, 6.45) is 0. The van der Waals surface area contributed by atoms with Gasteiger partial charge in [0.15, 0.2) is 5.69 Å². The predicted molar refractivity (Wildman–Crippen MR) is 118 cm³/mol. The third-order valence-electron chi connectivity index (χ3n) is 4.84. The lowest BCUT2D eigenvalue weighted by Gasteiger charge is -2.12. The summed E-state index contributed by atoms with van der Waals surface area (Å²) in [7, 11) is 0. The van der Waals surface area contributed by atoms with Crippen LogP contribution in [0.15, 0.2) is 71.5 Å². The molecule has 0 fully saturated rings. The molecule has 3 aromatic carbocycles. The van der Waals surface area contributed by atoms with E-state index >= 15 is 0 Å². The van der Waals surface area contributed by atoms with E-state index in [2.05, 4.69) is 10.4 Å². The molecule has 1 amide bonds. The van der Waals surface area contributed by atoms with Gasteiger partial charge in [-0.1, -0.05) is 24.3 Å². The average molecular weight is 417 g/mol. The zero-order valence-electron chi connectivity index (χ0n) is 17.1. The molecule has 0 unspecified atom stereocenters. The lowest BCUT2D eigenvalue weighted by Crippen LogP contribution is -2.26. The number of aryl methyl sites for hydroxylation is 1. The van der Waals surface area contributed by atoms with Crippen molar-refractivity contribution >= 4 is 22.4 Å². The Morgan fingerprint density at radius 3 is 2.45 bits per heavy atom. The van der Waals surface area contributed by atoms with E-state index in [0.29, 0.717) is 40.1 Å². The van der Waals surface area contributed by atoms with E-state index in [0.717, 1.165) is 0 Å². The molecule has 7 heteroatoms. The van der Waals surface area contributed by atoms with E-state index in [-0.39, 0.29) is 11.3 Å². The van der Waals surface area contributed by atoms with Gasteiger partial charge in [-0.25, -0.2) is 4.39 Å². The van der Waals surface area contributed by atoms with Crippen molar-refractivity contribution in [3.05, 3.63) is 94.2 Å². The lowest BCUT2D eigenvalue weighted by molar-refractivity contribution is 0.102. The summed E-state index contributed by atoms with van der Waals surface area (Å²) < 4.78 is 20.5. The Hall–Kier alpha value is -4.00. The summed E-state index contributed by atoms with van der Waals surface area (Å²) in [5.41, 5.74) is 0.987. The van der Waals surface area contributed by atoms with Gasteiger partial charge in [0.25, 0.3) is 11.5 Å². The van der Waals surface area contributed by atoms with E-state index in [4.69, 9.17) is 4.74 Å². The Labute approximate surface area is 177 Å². The highest BCUT2D eigenvalue weighted by Crippen LogP contribution is 2.20. The summed E-state index contributed by atoms with van der Waals surface area (Å²) in [6.45, 7) is 4.05.